The van der Waals surface area contributed by atoms with Gasteiger partial charge in [0.1, 0.15) is 0 Å². The van der Waals surface area contributed by atoms with E-state index >= 15 is 0 Å². The van der Waals surface area contributed by atoms with E-state index in [0.717, 1.165) is 31.2 Å². The molecule has 0 radical (unpaired) electrons. The van der Waals surface area contributed by atoms with E-state index in [0.29, 0.717) is 11.3 Å². The van der Waals surface area contributed by atoms with Gasteiger partial charge in [-0.05, 0) is 31.4 Å². The molecule has 0 saturated heterocycles. The van der Waals surface area contributed by atoms with Crippen molar-refractivity contribution in [1.82, 2.24) is 0 Å². The lowest BCUT2D eigenvalue weighted by Crippen LogP contribution is -2.35. The summed E-state index contributed by atoms with van der Waals surface area (Å²) in [5.41, 5.74) is 1.93. The number of aliphatic hydroxyl groups excluding tert-OH is 1. The first kappa shape index (κ1) is 13.9. The summed E-state index contributed by atoms with van der Waals surface area (Å²) < 4.78 is 0. The standard InChI is InChI=1S/C15H21NO3/c1-10-5-4-7-12(15(18)19)14(10)16-13-8-3-2-6-11(13)9-17/h4-5,7,11,13,16-17H,2-3,6,8-9H2,1H3,(H,18,19). The summed E-state index contributed by atoms with van der Waals surface area (Å²) in [7, 11) is 0. The molecular formula is C15H21NO3. The number of benzene rings is 1. The third kappa shape index (κ3) is 3.07. The number of aliphatic hydroxyl groups is 1. The zero-order chi connectivity index (χ0) is 13.8. The summed E-state index contributed by atoms with van der Waals surface area (Å²) in [5, 5.41) is 22.0. The van der Waals surface area contributed by atoms with Crippen molar-refractivity contribution in [3.05, 3.63) is 29.3 Å². The molecule has 1 aliphatic carbocycles. The van der Waals surface area contributed by atoms with Gasteiger partial charge in [0, 0.05) is 18.6 Å². The highest BCUT2D eigenvalue weighted by Gasteiger charge is 2.26. The van der Waals surface area contributed by atoms with Crippen LogP contribution in [0.3, 0.4) is 0 Å². The summed E-state index contributed by atoms with van der Waals surface area (Å²) in [5.74, 6) is -0.697. The molecule has 3 N–H and O–H groups in total. The van der Waals surface area contributed by atoms with Crippen molar-refractivity contribution < 1.29 is 15.0 Å². The smallest absolute Gasteiger partial charge is 0.337 e. The second-order valence-electron chi connectivity index (χ2n) is 5.28. The number of carboxylic acid groups (broad SMARTS) is 1. The first-order valence-corrected chi connectivity index (χ1v) is 6.83. The van der Waals surface area contributed by atoms with E-state index in [1.54, 1.807) is 12.1 Å². The maximum Gasteiger partial charge on any atom is 0.337 e. The van der Waals surface area contributed by atoms with Crippen molar-refractivity contribution in [2.24, 2.45) is 5.92 Å². The molecule has 4 heteroatoms. The number of anilines is 1. The Kier molecular flexibility index (Phi) is 4.43. The molecule has 0 aliphatic heterocycles. The van der Waals surface area contributed by atoms with Crippen molar-refractivity contribution in [3.8, 4) is 0 Å². The van der Waals surface area contributed by atoms with Crippen LogP contribution in [0, 0.1) is 12.8 Å². The number of hydrogen-bond acceptors (Lipinski definition) is 3. The quantitative estimate of drug-likeness (QED) is 0.781. The maximum absolute atomic E-state index is 11.3. The van der Waals surface area contributed by atoms with Crippen LogP contribution < -0.4 is 5.32 Å². The van der Waals surface area contributed by atoms with Crippen LogP contribution in [0.5, 0.6) is 0 Å². The molecular weight excluding hydrogens is 242 g/mol. The largest absolute Gasteiger partial charge is 0.478 e. The molecule has 2 rings (SSSR count). The summed E-state index contributed by atoms with van der Waals surface area (Å²) >= 11 is 0. The van der Waals surface area contributed by atoms with Crippen LogP contribution >= 0.6 is 0 Å². The number of aromatic carboxylic acids is 1. The molecule has 0 aromatic heterocycles. The van der Waals surface area contributed by atoms with Crippen LogP contribution in [-0.4, -0.2) is 28.8 Å². The number of carboxylic acids is 1. The Hall–Kier alpha value is -1.55. The fourth-order valence-electron chi connectivity index (χ4n) is 2.84. The fourth-order valence-corrected chi connectivity index (χ4v) is 2.84. The van der Waals surface area contributed by atoms with Gasteiger partial charge in [0.15, 0.2) is 0 Å². The highest BCUT2D eigenvalue weighted by Crippen LogP contribution is 2.29. The Bertz CT molecular complexity index is 459. The van der Waals surface area contributed by atoms with E-state index in [-0.39, 0.29) is 18.6 Å². The van der Waals surface area contributed by atoms with E-state index in [9.17, 15) is 15.0 Å². The highest BCUT2D eigenvalue weighted by molar-refractivity contribution is 5.95. The number of aryl methyl sites for hydroxylation is 1. The van der Waals surface area contributed by atoms with Crippen molar-refractivity contribution >= 4 is 11.7 Å². The Labute approximate surface area is 113 Å². The first-order chi connectivity index (χ1) is 9.13. The van der Waals surface area contributed by atoms with Crippen LogP contribution in [0.1, 0.15) is 41.6 Å². The van der Waals surface area contributed by atoms with Gasteiger partial charge in [-0.3, -0.25) is 0 Å². The van der Waals surface area contributed by atoms with Crippen LogP contribution in [0.2, 0.25) is 0 Å². The molecule has 1 aliphatic rings. The Balaban J connectivity index is 2.24. The van der Waals surface area contributed by atoms with E-state index < -0.39 is 5.97 Å². The number of carbonyl (C=O) groups is 1. The van der Waals surface area contributed by atoms with Crippen LogP contribution in [-0.2, 0) is 0 Å². The van der Waals surface area contributed by atoms with Gasteiger partial charge in [0.2, 0.25) is 0 Å². The van der Waals surface area contributed by atoms with Crippen molar-refractivity contribution in [1.29, 1.82) is 0 Å². The van der Waals surface area contributed by atoms with Gasteiger partial charge < -0.3 is 15.5 Å². The highest BCUT2D eigenvalue weighted by atomic mass is 16.4. The lowest BCUT2D eigenvalue weighted by Gasteiger charge is -2.32. The lowest BCUT2D eigenvalue weighted by molar-refractivity contribution is 0.0697. The number of nitrogens with one attached hydrogen (secondary N) is 1. The topological polar surface area (TPSA) is 69.6 Å². The van der Waals surface area contributed by atoms with Crippen molar-refractivity contribution in [2.75, 3.05) is 11.9 Å². The summed E-state index contributed by atoms with van der Waals surface area (Å²) in [6.07, 6.45) is 4.26. The average Bonchev–Trinajstić information content (AvgIpc) is 2.41. The third-order valence-corrected chi connectivity index (χ3v) is 3.98. The molecule has 0 bridgehead atoms. The predicted molar refractivity (Wildman–Crippen MR) is 74.6 cm³/mol. The summed E-state index contributed by atoms with van der Waals surface area (Å²) in [6, 6.07) is 5.45. The van der Waals surface area contributed by atoms with E-state index in [1.165, 1.54) is 0 Å². The molecule has 0 spiro atoms. The second kappa shape index (κ2) is 6.06. The molecule has 0 amide bonds. The third-order valence-electron chi connectivity index (χ3n) is 3.98. The summed E-state index contributed by atoms with van der Waals surface area (Å²) in [6.45, 7) is 2.07. The minimum atomic E-state index is -0.914. The van der Waals surface area contributed by atoms with Crippen LogP contribution in [0.15, 0.2) is 18.2 Å². The van der Waals surface area contributed by atoms with Gasteiger partial charge in [0.05, 0.1) is 11.3 Å². The molecule has 0 heterocycles. The van der Waals surface area contributed by atoms with E-state index in [4.69, 9.17) is 0 Å². The molecule has 1 saturated carbocycles. The molecule has 1 aromatic rings. The molecule has 4 nitrogen and oxygen atoms in total. The van der Waals surface area contributed by atoms with E-state index in [2.05, 4.69) is 5.32 Å². The molecule has 104 valence electrons. The van der Waals surface area contributed by atoms with Crippen molar-refractivity contribution in [3.63, 3.8) is 0 Å². The molecule has 19 heavy (non-hydrogen) atoms. The monoisotopic (exact) mass is 263 g/mol. The molecule has 1 fully saturated rings. The van der Waals surface area contributed by atoms with Crippen molar-refractivity contribution in [2.45, 2.75) is 38.6 Å². The Morgan fingerprint density at radius 1 is 1.37 bits per heavy atom. The number of hydrogen-bond donors (Lipinski definition) is 3. The SMILES string of the molecule is Cc1cccc(C(=O)O)c1NC1CCCCC1CO. The zero-order valence-corrected chi connectivity index (χ0v) is 11.2. The lowest BCUT2D eigenvalue weighted by atomic mass is 9.84. The average molecular weight is 263 g/mol. The Morgan fingerprint density at radius 2 is 2.11 bits per heavy atom. The van der Waals surface area contributed by atoms with E-state index in [1.807, 2.05) is 13.0 Å². The Morgan fingerprint density at radius 3 is 2.79 bits per heavy atom. The predicted octanol–water partition coefficient (Wildman–Crippen LogP) is 2.66. The van der Waals surface area contributed by atoms with Crippen LogP contribution in [0.25, 0.3) is 0 Å². The molecule has 2 atom stereocenters. The maximum atomic E-state index is 11.3. The molecule has 2 unspecified atom stereocenters. The van der Waals surface area contributed by atoms with Gasteiger partial charge in [-0.15, -0.1) is 0 Å². The first-order valence-electron chi connectivity index (χ1n) is 6.83. The van der Waals surface area contributed by atoms with Gasteiger partial charge in [-0.2, -0.15) is 0 Å². The van der Waals surface area contributed by atoms with Gasteiger partial charge in [-0.1, -0.05) is 25.0 Å². The number of para-hydroxylation sites is 1. The van der Waals surface area contributed by atoms with Gasteiger partial charge >= 0.3 is 5.97 Å². The fraction of sp³-hybridized carbons (Fsp3) is 0.533. The minimum absolute atomic E-state index is 0.159. The van der Waals surface area contributed by atoms with Crippen LogP contribution in [0.4, 0.5) is 5.69 Å². The van der Waals surface area contributed by atoms with Gasteiger partial charge in [-0.25, -0.2) is 4.79 Å². The molecule has 1 aromatic carbocycles. The summed E-state index contributed by atoms with van der Waals surface area (Å²) in [4.78, 5) is 11.3. The second-order valence-corrected chi connectivity index (χ2v) is 5.28. The minimum Gasteiger partial charge on any atom is -0.478 e. The van der Waals surface area contributed by atoms with Gasteiger partial charge in [0.25, 0.3) is 0 Å². The normalized spacial score (nSPS) is 23.1. The number of rotatable bonds is 4. The zero-order valence-electron chi connectivity index (χ0n) is 11.2.